The molecule has 1 aromatic rings. The number of nitrogens with zero attached hydrogens (tertiary/aromatic N) is 2. The molecular formula is C30H61N2O5Si5. The van der Waals surface area contributed by atoms with Crippen molar-refractivity contribution in [1.29, 1.82) is 0 Å². The van der Waals surface area contributed by atoms with Gasteiger partial charge >= 0.3 is 18.1 Å². The third-order valence-corrected chi connectivity index (χ3v) is 17.3. The molecule has 5 radical (unpaired) electrons. The Morgan fingerprint density at radius 1 is 0.905 bits per heavy atom. The molecule has 7 nitrogen and oxygen atoms in total. The van der Waals surface area contributed by atoms with Crippen molar-refractivity contribution in [3.05, 3.63) is 17.2 Å². The van der Waals surface area contributed by atoms with Crippen molar-refractivity contribution in [3.63, 3.8) is 0 Å². The van der Waals surface area contributed by atoms with Crippen LogP contribution in [0.3, 0.4) is 0 Å². The van der Waals surface area contributed by atoms with Gasteiger partial charge < -0.3 is 31.9 Å². The first kappa shape index (κ1) is 39.9. The maximum Gasteiger partial charge on any atom is 0.507 e. The van der Waals surface area contributed by atoms with Gasteiger partial charge in [-0.2, -0.15) is 0 Å². The average Bonchev–Trinajstić information content (AvgIpc) is 2.96. The molecule has 42 heavy (non-hydrogen) atoms. The van der Waals surface area contributed by atoms with E-state index in [0.717, 1.165) is 67.4 Å². The SMILES string of the molecule is CCO[Si](CCCN(C)C[Si]CCc1c([Si](C)C)cc(C(C)[Si](OC)(OC)OC)c([Si](C)C)c1N(CC)CC)OCC. The molecule has 0 heterocycles. The highest BCUT2D eigenvalue weighted by Gasteiger charge is 2.47. The van der Waals surface area contributed by atoms with Crippen LogP contribution in [0.25, 0.3) is 0 Å². The Kier molecular flexibility index (Phi) is 19.8. The first-order chi connectivity index (χ1) is 20.0. The fraction of sp³-hybridized carbons (Fsp3) is 0.800. The number of benzene rings is 1. The predicted octanol–water partition coefficient (Wildman–Crippen LogP) is 4.48. The van der Waals surface area contributed by atoms with Crippen LogP contribution in [0.1, 0.15) is 57.7 Å². The normalized spacial score (nSPS) is 13.3. The van der Waals surface area contributed by atoms with Crippen molar-refractivity contribution in [2.75, 3.05) is 72.3 Å². The lowest BCUT2D eigenvalue weighted by atomic mass is 10.0. The first-order valence-corrected chi connectivity index (χ1v) is 25.5. The van der Waals surface area contributed by atoms with Crippen molar-refractivity contribution in [2.45, 2.75) is 91.3 Å². The summed E-state index contributed by atoms with van der Waals surface area (Å²) in [5.41, 5.74) is 4.57. The lowest BCUT2D eigenvalue weighted by Crippen LogP contribution is -2.52. The van der Waals surface area contributed by atoms with E-state index in [4.69, 9.17) is 22.1 Å². The van der Waals surface area contributed by atoms with Crippen LogP contribution < -0.4 is 15.3 Å². The van der Waals surface area contributed by atoms with Gasteiger partial charge in [-0.1, -0.05) is 50.4 Å². The van der Waals surface area contributed by atoms with Crippen LogP contribution in [0.4, 0.5) is 5.69 Å². The zero-order chi connectivity index (χ0) is 31.9. The smallest absolute Gasteiger partial charge is 0.394 e. The van der Waals surface area contributed by atoms with Gasteiger partial charge in [0.05, 0.1) is 32.7 Å². The molecule has 12 heteroatoms. The maximum absolute atomic E-state index is 6.02. The Morgan fingerprint density at radius 3 is 1.93 bits per heavy atom. The van der Waals surface area contributed by atoms with E-state index < -0.39 is 35.7 Å². The van der Waals surface area contributed by atoms with Gasteiger partial charge in [-0.25, -0.2) is 0 Å². The Labute approximate surface area is 268 Å². The Bertz CT molecular complexity index is 874. The van der Waals surface area contributed by atoms with Crippen molar-refractivity contribution < 1.29 is 22.1 Å². The molecule has 0 saturated heterocycles. The molecule has 0 bridgehead atoms. The van der Waals surface area contributed by atoms with Gasteiger partial charge in [0.15, 0.2) is 0 Å². The van der Waals surface area contributed by atoms with Crippen LogP contribution in [0.5, 0.6) is 0 Å². The van der Waals surface area contributed by atoms with Crippen LogP contribution in [-0.4, -0.2) is 117 Å². The molecule has 0 aliphatic carbocycles. The largest absolute Gasteiger partial charge is 0.507 e. The molecule has 0 aromatic heterocycles. The van der Waals surface area contributed by atoms with Gasteiger partial charge in [-0.15, -0.1) is 0 Å². The molecule has 1 aromatic carbocycles. The highest BCUT2D eigenvalue weighted by atomic mass is 28.4. The fourth-order valence-corrected chi connectivity index (χ4v) is 13.6. The third kappa shape index (κ3) is 11.0. The van der Waals surface area contributed by atoms with Crippen molar-refractivity contribution >= 4 is 61.3 Å². The molecule has 0 amide bonds. The van der Waals surface area contributed by atoms with E-state index in [1.807, 2.05) is 0 Å². The molecule has 0 aliphatic heterocycles. The molecule has 1 atom stereocenters. The van der Waals surface area contributed by atoms with Gasteiger partial charge in [0.25, 0.3) is 0 Å². The fourth-order valence-electron chi connectivity index (χ4n) is 5.72. The van der Waals surface area contributed by atoms with E-state index >= 15 is 0 Å². The molecule has 0 aliphatic rings. The van der Waals surface area contributed by atoms with Crippen molar-refractivity contribution in [1.82, 2.24) is 4.90 Å². The van der Waals surface area contributed by atoms with Gasteiger partial charge in [0.1, 0.15) is 0 Å². The summed E-state index contributed by atoms with van der Waals surface area (Å²) in [7, 11) is 2.92. The summed E-state index contributed by atoms with van der Waals surface area (Å²) in [6.07, 6.45) is 3.43. The van der Waals surface area contributed by atoms with Crippen molar-refractivity contribution in [2.24, 2.45) is 0 Å². The zero-order valence-electron chi connectivity index (χ0n) is 29.2. The van der Waals surface area contributed by atoms with E-state index in [-0.39, 0.29) is 5.54 Å². The second-order valence-electron chi connectivity index (χ2n) is 11.2. The third-order valence-electron chi connectivity index (χ3n) is 7.87. The number of rotatable bonds is 23. The molecule has 0 N–H and O–H groups in total. The van der Waals surface area contributed by atoms with Crippen molar-refractivity contribution in [3.8, 4) is 0 Å². The van der Waals surface area contributed by atoms with Crippen LogP contribution in [0, 0.1) is 0 Å². The van der Waals surface area contributed by atoms with Crippen LogP contribution in [-0.2, 0) is 28.6 Å². The monoisotopic (exact) mass is 669 g/mol. The molecule has 0 spiro atoms. The average molecular weight is 670 g/mol. The van der Waals surface area contributed by atoms with Gasteiger partial charge in [0.2, 0.25) is 0 Å². The van der Waals surface area contributed by atoms with Gasteiger partial charge in [-0.3, -0.25) is 0 Å². The molecular weight excluding hydrogens is 609 g/mol. The highest BCUT2D eigenvalue weighted by Crippen LogP contribution is 2.32. The van der Waals surface area contributed by atoms with E-state index in [0.29, 0.717) is 0 Å². The second-order valence-corrected chi connectivity index (χ2v) is 22.6. The van der Waals surface area contributed by atoms with E-state index in [1.54, 1.807) is 37.3 Å². The van der Waals surface area contributed by atoms with E-state index in [9.17, 15) is 0 Å². The minimum absolute atomic E-state index is 0.0682. The minimum Gasteiger partial charge on any atom is -0.394 e. The second kappa shape index (κ2) is 20.8. The zero-order valence-corrected chi connectivity index (χ0v) is 34.2. The first-order valence-electron chi connectivity index (χ1n) is 15.7. The topological polar surface area (TPSA) is 52.6 Å². The Morgan fingerprint density at radius 2 is 1.48 bits per heavy atom. The summed E-state index contributed by atoms with van der Waals surface area (Å²) in [5.74, 6) is 0. The molecule has 241 valence electrons. The van der Waals surface area contributed by atoms with E-state index in [1.165, 1.54) is 17.3 Å². The lowest BCUT2D eigenvalue weighted by molar-refractivity contribution is 0.114. The van der Waals surface area contributed by atoms with Gasteiger partial charge in [0, 0.05) is 53.3 Å². The van der Waals surface area contributed by atoms with Crippen LogP contribution in [0.2, 0.25) is 38.3 Å². The maximum atomic E-state index is 6.02. The van der Waals surface area contributed by atoms with E-state index in [2.05, 4.69) is 83.7 Å². The summed E-state index contributed by atoms with van der Waals surface area (Å²) in [5, 5.41) is 3.12. The number of anilines is 1. The summed E-state index contributed by atoms with van der Waals surface area (Å²) in [6, 6.07) is 4.82. The lowest BCUT2D eigenvalue weighted by Gasteiger charge is -2.37. The predicted molar refractivity (Wildman–Crippen MR) is 190 cm³/mol. The summed E-state index contributed by atoms with van der Waals surface area (Å²) in [6.45, 7) is 25.3. The summed E-state index contributed by atoms with van der Waals surface area (Å²) >= 11 is 0. The quantitative estimate of drug-likeness (QED) is 0.126. The molecule has 1 rings (SSSR count). The minimum atomic E-state index is -2.87. The van der Waals surface area contributed by atoms with Gasteiger partial charge in [-0.05, 0) is 82.7 Å². The summed E-state index contributed by atoms with van der Waals surface area (Å²) in [4.78, 5) is 5.12. The molecule has 1 unspecified atom stereocenters. The number of hydrogen-bond donors (Lipinski definition) is 0. The summed E-state index contributed by atoms with van der Waals surface area (Å²) < 4.78 is 29.7. The highest BCUT2D eigenvalue weighted by molar-refractivity contribution is 6.75. The number of hydrogen-bond acceptors (Lipinski definition) is 7. The molecule has 0 fully saturated rings. The van der Waals surface area contributed by atoms with Crippen LogP contribution >= 0.6 is 0 Å². The molecule has 0 saturated carbocycles. The standard InChI is InChI=1S/C30H61N2O5Si5/c1-14-32(15-2)29-26(19-21-38-24-31(6)20-18-22-41(36-16-3)37-17-4)28(39(10)11)23-27(30(29)40(12)13)25(5)42(33-7,34-8)35-9/h23,25H,14-22,24H2,1-13H3. The Balaban J connectivity index is 3.31. The Hall–Kier alpha value is -0.136. The van der Waals surface area contributed by atoms with Crippen LogP contribution in [0.15, 0.2) is 6.07 Å².